The molecule has 0 spiro atoms. The molecule has 0 aliphatic heterocycles. The van der Waals surface area contributed by atoms with E-state index in [-0.39, 0.29) is 36.3 Å². The SMILES string of the molecule is Cc1c(Cl)nnc(Cl)c1CC(CO[Si](c1ccccc1)c1ccc(C(C)(C)C)cc1)OCCN(C)C(=O)OCC1c2ccccc2-c2ccccc21. The molecule has 1 atom stereocenters. The second-order valence-electron chi connectivity index (χ2n) is 14.1. The van der Waals surface area contributed by atoms with Gasteiger partial charge in [-0.15, -0.1) is 10.2 Å². The van der Waals surface area contributed by atoms with Gasteiger partial charge in [0.2, 0.25) is 0 Å². The molecule has 10 heteroatoms. The summed E-state index contributed by atoms with van der Waals surface area (Å²) in [6.07, 6.45) is -0.415. The molecule has 7 nitrogen and oxygen atoms in total. The highest BCUT2D eigenvalue weighted by atomic mass is 35.5. The maximum atomic E-state index is 13.2. The second-order valence-corrected chi connectivity index (χ2v) is 17.0. The van der Waals surface area contributed by atoms with Crippen LogP contribution in [0.1, 0.15) is 54.5 Å². The topological polar surface area (TPSA) is 73.8 Å². The average Bonchev–Trinajstić information content (AvgIpc) is 3.47. The zero-order valence-corrected chi connectivity index (χ0v) is 32.7. The fraction of sp³-hybridized carbons (Fsp3) is 0.310. The fourth-order valence-electron chi connectivity index (χ4n) is 6.51. The third kappa shape index (κ3) is 8.76. The van der Waals surface area contributed by atoms with Crippen LogP contribution in [0.4, 0.5) is 4.79 Å². The molecule has 1 aliphatic carbocycles. The number of carbonyl (C=O) groups excluding carboxylic acids is 1. The third-order valence-corrected chi connectivity index (χ3v) is 12.4. The van der Waals surface area contributed by atoms with Gasteiger partial charge in [0.05, 0.1) is 19.3 Å². The second kappa shape index (κ2) is 16.7. The van der Waals surface area contributed by atoms with Crippen LogP contribution in [-0.4, -0.2) is 69.7 Å². The van der Waals surface area contributed by atoms with Crippen LogP contribution >= 0.6 is 23.2 Å². The van der Waals surface area contributed by atoms with Crippen molar-refractivity contribution in [3.8, 4) is 11.1 Å². The molecule has 0 N–H and O–H groups in total. The first kappa shape index (κ1) is 37.7. The highest BCUT2D eigenvalue weighted by Crippen LogP contribution is 2.44. The summed E-state index contributed by atoms with van der Waals surface area (Å²) in [6, 6.07) is 35.6. The minimum atomic E-state index is -1.64. The molecular formula is C42H44Cl2N3O4Si. The minimum absolute atomic E-state index is 0.0124. The summed E-state index contributed by atoms with van der Waals surface area (Å²) in [5.41, 5.74) is 7.53. The normalized spacial score (nSPS) is 13.2. The van der Waals surface area contributed by atoms with E-state index in [1.54, 1.807) is 11.9 Å². The molecule has 0 fully saturated rings. The first-order valence-electron chi connectivity index (χ1n) is 17.5. The Morgan fingerprint density at radius 3 is 2.04 bits per heavy atom. The van der Waals surface area contributed by atoms with Crippen molar-refractivity contribution in [1.82, 2.24) is 15.1 Å². The van der Waals surface area contributed by atoms with Crippen molar-refractivity contribution in [1.29, 1.82) is 0 Å². The summed E-state index contributed by atoms with van der Waals surface area (Å²) in [7, 11) is 0.0830. The largest absolute Gasteiger partial charge is 0.448 e. The molecule has 1 radical (unpaired) electrons. The Morgan fingerprint density at radius 2 is 1.40 bits per heavy atom. The van der Waals surface area contributed by atoms with Crippen molar-refractivity contribution in [2.24, 2.45) is 0 Å². The van der Waals surface area contributed by atoms with Crippen LogP contribution < -0.4 is 10.4 Å². The van der Waals surface area contributed by atoms with Crippen LogP contribution in [0.3, 0.4) is 0 Å². The molecule has 0 saturated heterocycles. The van der Waals surface area contributed by atoms with Gasteiger partial charge in [0, 0.05) is 31.5 Å². The minimum Gasteiger partial charge on any atom is -0.448 e. The molecule has 1 aliphatic rings. The van der Waals surface area contributed by atoms with Gasteiger partial charge in [0.1, 0.15) is 6.61 Å². The lowest BCUT2D eigenvalue weighted by molar-refractivity contribution is 0.0112. The van der Waals surface area contributed by atoms with Gasteiger partial charge < -0.3 is 18.8 Å². The van der Waals surface area contributed by atoms with E-state index < -0.39 is 21.2 Å². The molecular weight excluding hydrogens is 709 g/mol. The van der Waals surface area contributed by atoms with E-state index in [0.717, 1.165) is 21.5 Å². The Kier molecular flexibility index (Phi) is 12.1. The van der Waals surface area contributed by atoms with E-state index in [1.165, 1.54) is 27.8 Å². The van der Waals surface area contributed by atoms with E-state index in [9.17, 15) is 4.79 Å². The predicted octanol–water partition coefficient (Wildman–Crippen LogP) is 8.02. The number of amides is 1. The Bertz CT molecular complexity index is 1940. The quantitative estimate of drug-likeness (QED) is 0.114. The Hall–Kier alpha value is -4.05. The molecule has 0 saturated carbocycles. The van der Waals surface area contributed by atoms with Crippen LogP contribution in [0, 0.1) is 6.92 Å². The van der Waals surface area contributed by atoms with E-state index in [4.69, 9.17) is 37.1 Å². The first-order chi connectivity index (χ1) is 25.0. The molecule has 1 heterocycles. The van der Waals surface area contributed by atoms with Gasteiger partial charge in [-0.1, -0.05) is 147 Å². The summed E-state index contributed by atoms with van der Waals surface area (Å²) >= 11 is 12.9. The number of hydrogen-bond donors (Lipinski definition) is 0. The summed E-state index contributed by atoms with van der Waals surface area (Å²) in [6.45, 7) is 9.62. The molecule has 269 valence electrons. The standard InChI is InChI=1S/C42H44Cl2N3O4Si/c1-28-37(40(44)46-45-39(28)43)25-30(26-51-52(31-13-7-6-8-14-31)32-21-19-29(20-22-32)42(2,3)4)49-24-23-47(5)41(48)50-27-38-35-17-11-9-15-33(35)34-16-10-12-18-36(34)38/h6-22,30,38H,23-27H2,1-5H3. The number of nitrogens with zero attached hydrogens (tertiary/aromatic N) is 3. The Morgan fingerprint density at radius 1 is 0.827 bits per heavy atom. The number of hydrogen-bond acceptors (Lipinski definition) is 6. The Balaban J connectivity index is 1.13. The van der Waals surface area contributed by atoms with E-state index in [0.29, 0.717) is 18.1 Å². The molecule has 5 aromatic rings. The van der Waals surface area contributed by atoms with Crippen LogP contribution in [0.5, 0.6) is 0 Å². The monoisotopic (exact) mass is 752 g/mol. The summed E-state index contributed by atoms with van der Waals surface area (Å²) in [4.78, 5) is 14.8. The molecule has 4 aromatic carbocycles. The maximum Gasteiger partial charge on any atom is 0.409 e. The van der Waals surface area contributed by atoms with E-state index in [1.807, 2.05) is 49.4 Å². The number of ether oxygens (including phenoxy) is 2. The number of aromatic nitrogens is 2. The van der Waals surface area contributed by atoms with Crippen molar-refractivity contribution in [2.45, 2.75) is 51.6 Å². The third-order valence-electron chi connectivity index (χ3n) is 9.56. The molecule has 1 unspecified atom stereocenters. The number of halogens is 2. The first-order valence-corrected chi connectivity index (χ1v) is 19.7. The van der Waals surface area contributed by atoms with Crippen LogP contribution in [0.15, 0.2) is 103 Å². The lowest BCUT2D eigenvalue weighted by Crippen LogP contribution is -2.47. The average molecular weight is 754 g/mol. The van der Waals surface area contributed by atoms with Crippen molar-refractivity contribution >= 4 is 48.7 Å². The van der Waals surface area contributed by atoms with Crippen LogP contribution in [0.25, 0.3) is 11.1 Å². The number of rotatable bonds is 13. The number of likely N-dealkylation sites (N-methyl/N-ethyl adjacent to an activating group) is 1. The molecule has 1 amide bonds. The number of benzene rings is 4. The molecule has 0 bridgehead atoms. The van der Waals surface area contributed by atoms with Gasteiger partial charge in [-0.05, 0) is 56.1 Å². The van der Waals surface area contributed by atoms with Gasteiger partial charge >= 0.3 is 6.09 Å². The number of fused-ring (bicyclic) bond motifs is 3. The number of carbonyl (C=O) groups is 1. The molecule has 6 rings (SSSR count). The van der Waals surface area contributed by atoms with Crippen LogP contribution in [0.2, 0.25) is 10.3 Å². The van der Waals surface area contributed by atoms with Crippen molar-refractivity contribution < 1.29 is 18.7 Å². The van der Waals surface area contributed by atoms with Gasteiger partial charge in [-0.2, -0.15) is 0 Å². The predicted molar refractivity (Wildman–Crippen MR) is 210 cm³/mol. The zero-order chi connectivity index (χ0) is 36.8. The zero-order valence-electron chi connectivity index (χ0n) is 30.2. The van der Waals surface area contributed by atoms with Gasteiger partial charge in [-0.25, -0.2) is 4.79 Å². The fourth-order valence-corrected chi connectivity index (χ4v) is 8.90. The summed E-state index contributed by atoms with van der Waals surface area (Å²) < 4.78 is 19.1. The highest BCUT2D eigenvalue weighted by molar-refractivity contribution is 6.80. The Labute approximate surface area is 318 Å². The summed E-state index contributed by atoms with van der Waals surface area (Å²) in [5.74, 6) is -0.0124. The van der Waals surface area contributed by atoms with Crippen LogP contribution in [-0.2, 0) is 25.7 Å². The molecule has 1 aromatic heterocycles. The smallest absolute Gasteiger partial charge is 0.409 e. The maximum absolute atomic E-state index is 13.2. The summed E-state index contributed by atoms with van der Waals surface area (Å²) in [5, 5.41) is 10.8. The van der Waals surface area contributed by atoms with Crippen molar-refractivity contribution in [3.63, 3.8) is 0 Å². The van der Waals surface area contributed by atoms with E-state index >= 15 is 0 Å². The van der Waals surface area contributed by atoms with Crippen molar-refractivity contribution in [2.75, 3.05) is 33.4 Å². The lowest BCUT2D eigenvalue weighted by Gasteiger charge is -2.25. The lowest BCUT2D eigenvalue weighted by atomic mass is 9.87. The van der Waals surface area contributed by atoms with Gasteiger partial charge in [0.25, 0.3) is 9.04 Å². The van der Waals surface area contributed by atoms with Gasteiger partial charge in [-0.3, -0.25) is 0 Å². The highest BCUT2D eigenvalue weighted by Gasteiger charge is 2.30. The van der Waals surface area contributed by atoms with Crippen molar-refractivity contribution in [3.05, 3.63) is 141 Å². The van der Waals surface area contributed by atoms with Gasteiger partial charge in [0.15, 0.2) is 10.3 Å². The molecule has 52 heavy (non-hydrogen) atoms. The van der Waals surface area contributed by atoms with E-state index in [2.05, 4.69) is 91.6 Å².